The number of hydrogen-bond donors (Lipinski definition) is 1. The molecule has 1 aromatic rings. The second kappa shape index (κ2) is 8.16. The molecule has 2 rings (SSSR count). The van der Waals surface area contributed by atoms with Gasteiger partial charge < -0.3 is 10.1 Å². The summed E-state index contributed by atoms with van der Waals surface area (Å²) in [6.45, 7) is 6.29. The largest absolute Gasteiger partial charge is 0.374 e. The summed E-state index contributed by atoms with van der Waals surface area (Å²) in [4.78, 5) is 0. The number of nitrogens with one attached hydrogen (secondary N) is 1. The first-order valence-electron chi connectivity index (χ1n) is 8.19. The molecule has 1 aliphatic rings. The van der Waals surface area contributed by atoms with Gasteiger partial charge in [0.1, 0.15) is 0 Å². The molecule has 1 atom stereocenters. The number of hydrogen-bond acceptors (Lipinski definition) is 3. The maximum Gasteiger partial charge on any atom is 0.0837 e. The predicted molar refractivity (Wildman–Crippen MR) is 87.5 cm³/mol. The van der Waals surface area contributed by atoms with Crippen LogP contribution in [0.4, 0.5) is 0 Å². The zero-order chi connectivity index (χ0) is 14.3. The van der Waals surface area contributed by atoms with Crippen molar-refractivity contribution in [2.45, 2.75) is 70.4 Å². The van der Waals surface area contributed by atoms with E-state index >= 15 is 0 Å². The van der Waals surface area contributed by atoms with E-state index in [1.807, 2.05) is 0 Å². The average molecular weight is 295 g/mol. The van der Waals surface area contributed by atoms with Crippen molar-refractivity contribution in [1.29, 1.82) is 0 Å². The first kappa shape index (κ1) is 16.0. The lowest BCUT2D eigenvalue weighted by Crippen LogP contribution is -2.55. The Morgan fingerprint density at radius 1 is 1.30 bits per heavy atom. The van der Waals surface area contributed by atoms with Crippen LogP contribution in [0.25, 0.3) is 0 Å². The van der Waals surface area contributed by atoms with Gasteiger partial charge in [-0.15, -0.1) is 0 Å². The van der Waals surface area contributed by atoms with Crippen LogP contribution in [0.15, 0.2) is 16.8 Å². The van der Waals surface area contributed by atoms with Crippen LogP contribution in [0.3, 0.4) is 0 Å². The first-order valence-corrected chi connectivity index (χ1v) is 9.13. The zero-order valence-corrected chi connectivity index (χ0v) is 13.8. The lowest BCUT2D eigenvalue weighted by atomic mass is 9.77. The SMILES string of the molecule is CCCNC(Cc1ccsc1)C1(OCC)CCCCC1. The van der Waals surface area contributed by atoms with Crippen LogP contribution in [0.2, 0.25) is 0 Å². The Morgan fingerprint density at radius 2 is 2.10 bits per heavy atom. The highest BCUT2D eigenvalue weighted by Crippen LogP contribution is 2.36. The molecule has 0 saturated heterocycles. The maximum atomic E-state index is 6.32. The van der Waals surface area contributed by atoms with E-state index in [0.29, 0.717) is 6.04 Å². The van der Waals surface area contributed by atoms with Gasteiger partial charge in [0.2, 0.25) is 0 Å². The van der Waals surface area contributed by atoms with Gasteiger partial charge in [0, 0.05) is 12.6 Å². The summed E-state index contributed by atoms with van der Waals surface area (Å²) in [7, 11) is 0. The Morgan fingerprint density at radius 3 is 2.70 bits per heavy atom. The standard InChI is InChI=1S/C17H29NOS/c1-3-11-18-16(13-15-8-12-20-14-15)17(19-4-2)9-6-5-7-10-17/h8,12,14,16,18H,3-7,9-11,13H2,1-2H3. The van der Waals surface area contributed by atoms with E-state index in [4.69, 9.17) is 4.74 Å². The highest BCUT2D eigenvalue weighted by atomic mass is 32.1. The third-order valence-corrected chi connectivity index (χ3v) is 5.16. The fourth-order valence-electron chi connectivity index (χ4n) is 3.44. The lowest BCUT2D eigenvalue weighted by molar-refractivity contribution is -0.0896. The molecular formula is C17H29NOS. The van der Waals surface area contributed by atoms with Crippen molar-refractivity contribution in [3.8, 4) is 0 Å². The van der Waals surface area contributed by atoms with Gasteiger partial charge in [-0.05, 0) is 61.5 Å². The van der Waals surface area contributed by atoms with Crippen molar-refractivity contribution in [2.24, 2.45) is 0 Å². The van der Waals surface area contributed by atoms with E-state index < -0.39 is 0 Å². The summed E-state index contributed by atoms with van der Waals surface area (Å²) in [6.07, 6.45) is 8.71. The Balaban J connectivity index is 2.12. The van der Waals surface area contributed by atoms with Gasteiger partial charge in [0.25, 0.3) is 0 Å². The first-order chi connectivity index (χ1) is 9.80. The summed E-state index contributed by atoms with van der Waals surface area (Å²) in [6, 6.07) is 2.71. The minimum Gasteiger partial charge on any atom is -0.374 e. The average Bonchev–Trinajstić information content (AvgIpc) is 2.97. The highest BCUT2D eigenvalue weighted by Gasteiger charge is 2.40. The molecule has 0 amide bonds. The quantitative estimate of drug-likeness (QED) is 0.767. The fraction of sp³-hybridized carbons (Fsp3) is 0.765. The minimum atomic E-state index is 0.0596. The van der Waals surface area contributed by atoms with Crippen LogP contribution >= 0.6 is 11.3 Å². The summed E-state index contributed by atoms with van der Waals surface area (Å²) < 4.78 is 6.32. The molecule has 114 valence electrons. The van der Waals surface area contributed by atoms with Crippen LogP contribution in [-0.2, 0) is 11.2 Å². The van der Waals surface area contributed by atoms with Crippen molar-refractivity contribution < 1.29 is 4.74 Å². The summed E-state index contributed by atoms with van der Waals surface area (Å²) >= 11 is 1.80. The van der Waals surface area contributed by atoms with Gasteiger partial charge in [0.15, 0.2) is 0 Å². The molecule has 1 heterocycles. The molecule has 1 aliphatic carbocycles. The van der Waals surface area contributed by atoms with E-state index in [2.05, 4.69) is 36.0 Å². The third kappa shape index (κ3) is 4.06. The lowest BCUT2D eigenvalue weighted by Gasteiger charge is -2.44. The van der Waals surface area contributed by atoms with Crippen LogP contribution in [0.1, 0.15) is 57.9 Å². The van der Waals surface area contributed by atoms with E-state index in [-0.39, 0.29) is 5.60 Å². The van der Waals surface area contributed by atoms with Crippen molar-refractivity contribution in [3.63, 3.8) is 0 Å². The van der Waals surface area contributed by atoms with Gasteiger partial charge in [0.05, 0.1) is 5.60 Å². The molecule has 0 radical (unpaired) electrons. The Labute approximate surface area is 127 Å². The molecular weight excluding hydrogens is 266 g/mol. The van der Waals surface area contributed by atoms with Crippen molar-refractivity contribution in [1.82, 2.24) is 5.32 Å². The third-order valence-electron chi connectivity index (χ3n) is 4.43. The van der Waals surface area contributed by atoms with Crippen LogP contribution < -0.4 is 5.32 Å². The van der Waals surface area contributed by atoms with E-state index in [1.165, 1.54) is 44.1 Å². The van der Waals surface area contributed by atoms with E-state index in [0.717, 1.165) is 19.6 Å². The van der Waals surface area contributed by atoms with E-state index in [1.54, 1.807) is 11.3 Å². The van der Waals surface area contributed by atoms with Gasteiger partial charge in [-0.3, -0.25) is 0 Å². The Kier molecular flexibility index (Phi) is 6.53. The van der Waals surface area contributed by atoms with Crippen LogP contribution in [0, 0.1) is 0 Å². The number of ether oxygens (including phenoxy) is 1. The van der Waals surface area contributed by atoms with Gasteiger partial charge >= 0.3 is 0 Å². The zero-order valence-electron chi connectivity index (χ0n) is 13.0. The fourth-order valence-corrected chi connectivity index (χ4v) is 4.12. The van der Waals surface area contributed by atoms with Gasteiger partial charge in [-0.1, -0.05) is 26.2 Å². The molecule has 0 spiro atoms. The summed E-state index contributed by atoms with van der Waals surface area (Å²) in [5.74, 6) is 0. The molecule has 1 N–H and O–H groups in total. The van der Waals surface area contributed by atoms with Crippen LogP contribution in [-0.4, -0.2) is 24.8 Å². The Hall–Kier alpha value is -0.380. The Bertz CT molecular complexity index is 352. The molecule has 20 heavy (non-hydrogen) atoms. The van der Waals surface area contributed by atoms with Crippen molar-refractivity contribution >= 4 is 11.3 Å². The molecule has 0 bridgehead atoms. The maximum absolute atomic E-state index is 6.32. The van der Waals surface area contributed by atoms with Crippen molar-refractivity contribution in [2.75, 3.05) is 13.2 Å². The second-order valence-electron chi connectivity index (χ2n) is 5.90. The second-order valence-corrected chi connectivity index (χ2v) is 6.68. The van der Waals surface area contributed by atoms with Crippen molar-refractivity contribution in [3.05, 3.63) is 22.4 Å². The molecule has 1 saturated carbocycles. The minimum absolute atomic E-state index is 0.0596. The predicted octanol–water partition coefficient (Wildman–Crippen LogP) is 4.40. The molecule has 1 fully saturated rings. The number of rotatable bonds is 8. The smallest absolute Gasteiger partial charge is 0.0837 e. The normalized spacial score (nSPS) is 19.9. The van der Waals surface area contributed by atoms with E-state index in [9.17, 15) is 0 Å². The molecule has 1 unspecified atom stereocenters. The number of thiophene rings is 1. The monoisotopic (exact) mass is 295 g/mol. The molecule has 0 aliphatic heterocycles. The van der Waals surface area contributed by atoms with Crippen LogP contribution in [0.5, 0.6) is 0 Å². The summed E-state index contributed by atoms with van der Waals surface area (Å²) in [5, 5.41) is 8.24. The molecule has 3 heteroatoms. The molecule has 0 aromatic carbocycles. The summed E-state index contributed by atoms with van der Waals surface area (Å²) in [5.41, 5.74) is 1.51. The molecule has 1 aromatic heterocycles. The highest BCUT2D eigenvalue weighted by molar-refractivity contribution is 7.07. The molecule has 2 nitrogen and oxygen atoms in total. The van der Waals surface area contributed by atoms with Gasteiger partial charge in [-0.2, -0.15) is 11.3 Å². The van der Waals surface area contributed by atoms with Gasteiger partial charge in [-0.25, -0.2) is 0 Å². The topological polar surface area (TPSA) is 21.3 Å².